The van der Waals surface area contributed by atoms with Crippen molar-refractivity contribution >= 4 is 16.6 Å². The van der Waals surface area contributed by atoms with Crippen molar-refractivity contribution in [2.75, 3.05) is 12.4 Å². The Balaban J connectivity index is 1.91. The van der Waals surface area contributed by atoms with E-state index >= 15 is 0 Å². The third-order valence-electron chi connectivity index (χ3n) is 3.31. The number of H-pyrrole nitrogens is 1. The van der Waals surface area contributed by atoms with Crippen LogP contribution in [-0.4, -0.2) is 12.0 Å². The number of para-hydroxylation sites is 1. The van der Waals surface area contributed by atoms with Crippen molar-refractivity contribution in [1.82, 2.24) is 4.98 Å². The van der Waals surface area contributed by atoms with E-state index in [0.717, 1.165) is 12.1 Å². The number of nitrogens with one attached hydrogen (secondary N) is 2. The van der Waals surface area contributed by atoms with Crippen molar-refractivity contribution in [1.29, 1.82) is 0 Å². The smallest absolute Gasteiger partial charge is 0.0456 e. The summed E-state index contributed by atoms with van der Waals surface area (Å²) in [5.41, 5.74) is 5.04. The van der Waals surface area contributed by atoms with E-state index in [1.807, 2.05) is 7.05 Å². The molecule has 90 valence electrons. The Kier molecular flexibility index (Phi) is 2.77. The number of fused-ring (bicyclic) bond motifs is 1. The lowest BCUT2D eigenvalue weighted by Crippen LogP contribution is -1.90. The molecule has 0 unspecified atom stereocenters. The lowest BCUT2D eigenvalue weighted by molar-refractivity contribution is 1.21. The first-order valence-electron chi connectivity index (χ1n) is 6.18. The van der Waals surface area contributed by atoms with Gasteiger partial charge in [-0.3, -0.25) is 0 Å². The average molecular weight is 236 g/mol. The summed E-state index contributed by atoms with van der Waals surface area (Å²) in [5, 5.41) is 4.45. The molecule has 2 heteroatoms. The van der Waals surface area contributed by atoms with Crippen LogP contribution in [0.1, 0.15) is 11.1 Å². The third kappa shape index (κ3) is 1.97. The van der Waals surface area contributed by atoms with E-state index in [4.69, 9.17) is 0 Å². The summed E-state index contributed by atoms with van der Waals surface area (Å²) in [6, 6.07) is 17.0. The minimum atomic E-state index is 0.966. The van der Waals surface area contributed by atoms with E-state index in [9.17, 15) is 0 Å². The molecule has 2 N–H and O–H groups in total. The Morgan fingerprint density at radius 1 is 1.00 bits per heavy atom. The van der Waals surface area contributed by atoms with Gasteiger partial charge >= 0.3 is 0 Å². The van der Waals surface area contributed by atoms with Gasteiger partial charge < -0.3 is 10.3 Å². The van der Waals surface area contributed by atoms with Crippen LogP contribution in [0.5, 0.6) is 0 Å². The van der Waals surface area contributed by atoms with Crippen LogP contribution in [0.25, 0.3) is 10.9 Å². The predicted octanol–water partition coefficient (Wildman–Crippen LogP) is 3.80. The number of benzene rings is 2. The van der Waals surface area contributed by atoms with Gasteiger partial charge in [0.05, 0.1) is 0 Å². The van der Waals surface area contributed by atoms with Crippen molar-refractivity contribution in [3.8, 4) is 0 Å². The summed E-state index contributed by atoms with van der Waals surface area (Å²) in [5.74, 6) is 0. The van der Waals surface area contributed by atoms with E-state index in [-0.39, 0.29) is 0 Å². The maximum absolute atomic E-state index is 3.32. The molecule has 1 heterocycles. The molecule has 0 aliphatic rings. The van der Waals surface area contributed by atoms with Crippen LogP contribution < -0.4 is 5.32 Å². The van der Waals surface area contributed by atoms with Crippen LogP contribution in [0, 0.1) is 0 Å². The summed E-state index contributed by atoms with van der Waals surface area (Å²) in [4.78, 5) is 3.32. The fraction of sp³-hybridized carbons (Fsp3) is 0.125. The Morgan fingerprint density at radius 3 is 2.56 bits per heavy atom. The summed E-state index contributed by atoms with van der Waals surface area (Å²) in [6.07, 6.45) is 3.07. The first-order chi connectivity index (χ1) is 8.86. The molecule has 0 aliphatic carbocycles. The van der Waals surface area contributed by atoms with Gasteiger partial charge in [-0.15, -0.1) is 0 Å². The molecular weight excluding hydrogens is 220 g/mol. The average Bonchev–Trinajstić information content (AvgIpc) is 2.83. The molecule has 2 aromatic carbocycles. The van der Waals surface area contributed by atoms with Gasteiger partial charge in [0, 0.05) is 29.8 Å². The van der Waals surface area contributed by atoms with Gasteiger partial charge in [-0.25, -0.2) is 0 Å². The van der Waals surface area contributed by atoms with Crippen molar-refractivity contribution in [2.45, 2.75) is 6.42 Å². The lowest BCUT2D eigenvalue weighted by Gasteiger charge is -2.03. The normalized spacial score (nSPS) is 10.7. The van der Waals surface area contributed by atoms with E-state index in [1.165, 1.54) is 22.0 Å². The molecule has 0 fully saturated rings. The fourth-order valence-electron chi connectivity index (χ4n) is 2.29. The molecule has 0 saturated heterocycles. The van der Waals surface area contributed by atoms with E-state index in [2.05, 4.69) is 65.0 Å². The summed E-state index contributed by atoms with van der Waals surface area (Å²) in [7, 11) is 1.94. The molecule has 0 saturated carbocycles. The quantitative estimate of drug-likeness (QED) is 0.711. The van der Waals surface area contributed by atoms with Crippen LogP contribution in [0.2, 0.25) is 0 Å². The molecule has 2 nitrogen and oxygen atoms in total. The molecule has 0 aliphatic heterocycles. The maximum atomic E-state index is 3.32. The first kappa shape index (κ1) is 10.9. The van der Waals surface area contributed by atoms with E-state index in [1.54, 1.807) is 0 Å². The fourth-order valence-corrected chi connectivity index (χ4v) is 2.29. The minimum absolute atomic E-state index is 0.966. The molecule has 0 bridgehead atoms. The van der Waals surface area contributed by atoms with Gasteiger partial charge in [-0.05, 0) is 35.7 Å². The van der Waals surface area contributed by atoms with Crippen LogP contribution in [0.15, 0.2) is 54.7 Å². The zero-order valence-electron chi connectivity index (χ0n) is 10.4. The monoisotopic (exact) mass is 236 g/mol. The van der Waals surface area contributed by atoms with Crippen molar-refractivity contribution in [2.24, 2.45) is 0 Å². The standard InChI is InChI=1S/C16H16N2/c1-17-14-8-6-12(7-9-14)10-13-11-18-16-5-3-2-4-15(13)16/h2-9,11,17-18H,10H2,1H3. The van der Waals surface area contributed by atoms with Gasteiger partial charge in [0.2, 0.25) is 0 Å². The highest BCUT2D eigenvalue weighted by atomic mass is 14.8. The Hall–Kier alpha value is -2.22. The lowest BCUT2D eigenvalue weighted by atomic mass is 10.0. The minimum Gasteiger partial charge on any atom is -0.388 e. The zero-order valence-corrected chi connectivity index (χ0v) is 10.4. The largest absolute Gasteiger partial charge is 0.388 e. The molecule has 0 spiro atoms. The summed E-state index contributed by atoms with van der Waals surface area (Å²) in [6.45, 7) is 0. The zero-order chi connectivity index (χ0) is 12.4. The van der Waals surface area contributed by atoms with Gasteiger partial charge in [0.1, 0.15) is 0 Å². The number of anilines is 1. The molecule has 0 radical (unpaired) electrons. The molecule has 0 atom stereocenters. The molecule has 1 aromatic heterocycles. The van der Waals surface area contributed by atoms with Gasteiger partial charge in [-0.1, -0.05) is 30.3 Å². The molecular formula is C16H16N2. The second-order valence-electron chi connectivity index (χ2n) is 4.48. The summed E-state index contributed by atoms with van der Waals surface area (Å²) >= 11 is 0. The second-order valence-corrected chi connectivity index (χ2v) is 4.48. The molecule has 0 amide bonds. The SMILES string of the molecule is CNc1ccc(Cc2c[nH]c3ccccc23)cc1. The molecule has 18 heavy (non-hydrogen) atoms. The Labute approximate surface area is 107 Å². The van der Waals surface area contributed by atoms with E-state index < -0.39 is 0 Å². The number of hydrogen-bond donors (Lipinski definition) is 2. The number of rotatable bonds is 3. The summed E-state index contributed by atoms with van der Waals surface area (Å²) < 4.78 is 0. The Morgan fingerprint density at radius 2 is 1.78 bits per heavy atom. The van der Waals surface area contributed by atoms with Crippen molar-refractivity contribution in [3.05, 3.63) is 65.9 Å². The molecule has 3 rings (SSSR count). The predicted molar refractivity (Wildman–Crippen MR) is 77.1 cm³/mol. The second kappa shape index (κ2) is 4.57. The third-order valence-corrected chi connectivity index (χ3v) is 3.31. The van der Waals surface area contributed by atoms with Gasteiger partial charge in [-0.2, -0.15) is 0 Å². The van der Waals surface area contributed by atoms with Crippen LogP contribution in [0.3, 0.4) is 0 Å². The highest BCUT2D eigenvalue weighted by Gasteiger charge is 2.03. The van der Waals surface area contributed by atoms with Crippen LogP contribution in [-0.2, 0) is 6.42 Å². The highest BCUT2D eigenvalue weighted by molar-refractivity contribution is 5.83. The van der Waals surface area contributed by atoms with Crippen LogP contribution >= 0.6 is 0 Å². The first-order valence-corrected chi connectivity index (χ1v) is 6.18. The molecule has 3 aromatic rings. The van der Waals surface area contributed by atoms with Crippen LogP contribution in [0.4, 0.5) is 5.69 Å². The van der Waals surface area contributed by atoms with Crippen molar-refractivity contribution < 1.29 is 0 Å². The topological polar surface area (TPSA) is 27.8 Å². The number of aromatic nitrogens is 1. The maximum Gasteiger partial charge on any atom is 0.0456 e. The Bertz CT molecular complexity index is 650. The van der Waals surface area contributed by atoms with E-state index in [0.29, 0.717) is 0 Å². The van der Waals surface area contributed by atoms with Crippen molar-refractivity contribution in [3.63, 3.8) is 0 Å². The van der Waals surface area contributed by atoms with Gasteiger partial charge in [0.15, 0.2) is 0 Å². The highest BCUT2D eigenvalue weighted by Crippen LogP contribution is 2.21. The number of aromatic amines is 1. The number of hydrogen-bond acceptors (Lipinski definition) is 1. The van der Waals surface area contributed by atoms with Gasteiger partial charge in [0.25, 0.3) is 0 Å².